The number of hydrogen-bond acceptors (Lipinski definition) is 7. The molecule has 3 aromatic heterocycles. The number of amides is 2. The average Bonchev–Trinajstić information content (AvgIpc) is 3.67. The summed E-state index contributed by atoms with van der Waals surface area (Å²) in [6.45, 7) is 4.93. The Labute approximate surface area is 240 Å². The van der Waals surface area contributed by atoms with E-state index in [2.05, 4.69) is 32.4 Å². The number of carbonyl (C=O) groups is 2. The van der Waals surface area contributed by atoms with Gasteiger partial charge in [-0.3, -0.25) is 14.7 Å². The van der Waals surface area contributed by atoms with Gasteiger partial charge in [-0.15, -0.1) is 5.10 Å². The molecule has 4 aromatic rings. The summed E-state index contributed by atoms with van der Waals surface area (Å²) < 4.78 is 29.7. The SMILES string of the molecule is C=CC(=O)Nc1ccc(C(=O)N2CCCC(Nc3nc4ccc(-c5cn[nH]c5)c(N5CCC(F)(F)CC5)n4n3)C2)cc1. The summed E-state index contributed by atoms with van der Waals surface area (Å²) >= 11 is 0. The molecule has 6 rings (SSSR count). The van der Waals surface area contributed by atoms with Gasteiger partial charge in [-0.05, 0) is 55.3 Å². The monoisotopic (exact) mass is 575 g/mol. The second-order valence-corrected chi connectivity index (χ2v) is 10.6. The van der Waals surface area contributed by atoms with Crippen molar-refractivity contribution in [2.45, 2.75) is 37.6 Å². The number of carbonyl (C=O) groups excluding carboxylic acids is 2. The fourth-order valence-electron chi connectivity index (χ4n) is 5.50. The van der Waals surface area contributed by atoms with Gasteiger partial charge >= 0.3 is 0 Å². The van der Waals surface area contributed by atoms with Crippen LogP contribution in [0, 0.1) is 0 Å². The number of rotatable bonds is 7. The molecule has 1 unspecified atom stereocenters. The van der Waals surface area contributed by atoms with Crippen LogP contribution in [-0.4, -0.2) is 79.7 Å². The number of nitrogens with zero attached hydrogens (tertiary/aromatic N) is 6. The van der Waals surface area contributed by atoms with E-state index in [0.29, 0.717) is 41.8 Å². The molecule has 0 aliphatic carbocycles. The van der Waals surface area contributed by atoms with Gasteiger partial charge < -0.3 is 20.4 Å². The molecule has 42 heavy (non-hydrogen) atoms. The highest BCUT2D eigenvalue weighted by Crippen LogP contribution is 2.36. The first-order chi connectivity index (χ1) is 20.3. The van der Waals surface area contributed by atoms with Crippen LogP contribution in [0.15, 0.2) is 61.4 Å². The van der Waals surface area contributed by atoms with Crippen molar-refractivity contribution < 1.29 is 18.4 Å². The molecule has 1 atom stereocenters. The highest BCUT2D eigenvalue weighted by molar-refractivity contribution is 5.99. The Hall–Kier alpha value is -4.81. The summed E-state index contributed by atoms with van der Waals surface area (Å²) in [4.78, 5) is 33.2. The zero-order valence-electron chi connectivity index (χ0n) is 22.9. The molecule has 2 amide bonds. The van der Waals surface area contributed by atoms with Crippen molar-refractivity contribution in [3.8, 4) is 11.1 Å². The lowest BCUT2D eigenvalue weighted by Crippen LogP contribution is -2.45. The molecule has 3 N–H and O–H groups in total. The van der Waals surface area contributed by atoms with Crippen LogP contribution in [0.4, 0.5) is 26.2 Å². The summed E-state index contributed by atoms with van der Waals surface area (Å²) in [5, 5.41) is 17.7. The van der Waals surface area contributed by atoms with Gasteiger partial charge in [-0.2, -0.15) is 14.6 Å². The highest BCUT2D eigenvalue weighted by atomic mass is 19.3. The number of benzene rings is 1. The fourth-order valence-corrected chi connectivity index (χ4v) is 5.50. The van der Waals surface area contributed by atoms with Gasteiger partial charge in [0.2, 0.25) is 11.9 Å². The first-order valence-electron chi connectivity index (χ1n) is 13.9. The molecule has 2 aliphatic heterocycles. The molecule has 11 nitrogen and oxygen atoms in total. The van der Waals surface area contributed by atoms with Crippen molar-refractivity contribution in [1.82, 2.24) is 29.7 Å². The number of aromatic nitrogens is 5. The van der Waals surface area contributed by atoms with Crippen molar-refractivity contribution in [2.75, 3.05) is 41.7 Å². The number of piperidine rings is 2. The second-order valence-electron chi connectivity index (χ2n) is 10.6. The molecule has 0 saturated carbocycles. The Bertz CT molecular complexity index is 1590. The number of anilines is 3. The molecule has 0 spiro atoms. The molecule has 5 heterocycles. The number of H-pyrrole nitrogens is 1. The lowest BCUT2D eigenvalue weighted by molar-refractivity contribution is -0.111. The third-order valence-electron chi connectivity index (χ3n) is 7.70. The minimum atomic E-state index is -2.68. The number of likely N-dealkylation sites (tertiary alicyclic amines) is 1. The van der Waals surface area contributed by atoms with Crippen LogP contribution in [0.3, 0.4) is 0 Å². The first kappa shape index (κ1) is 27.4. The number of halogens is 2. The third-order valence-corrected chi connectivity index (χ3v) is 7.70. The predicted molar refractivity (Wildman–Crippen MR) is 155 cm³/mol. The lowest BCUT2D eigenvalue weighted by atomic mass is 10.0. The van der Waals surface area contributed by atoms with Crippen molar-refractivity contribution in [3.63, 3.8) is 0 Å². The van der Waals surface area contributed by atoms with Gasteiger partial charge in [0.05, 0.1) is 6.20 Å². The van der Waals surface area contributed by atoms with E-state index >= 15 is 0 Å². The maximum atomic E-state index is 14.0. The van der Waals surface area contributed by atoms with Gasteiger partial charge in [0.1, 0.15) is 5.82 Å². The molecule has 1 aromatic carbocycles. The topological polar surface area (TPSA) is 124 Å². The van der Waals surface area contributed by atoms with E-state index < -0.39 is 5.92 Å². The third kappa shape index (κ3) is 5.67. The first-order valence-corrected chi connectivity index (χ1v) is 13.9. The molecular weight excluding hydrogens is 544 g/mol. The zero-order valence-corrected chi connectivity index (χ0v) is 22.9. The Morgan fingerprint density at radius 2 is 1.88 bits per heavy atom. The Kier molecular flexibility index (Phi) is 7.31. The average molecular weight is 576 g/mol. The Morgan fingerprint density at radius 3 is 2.60 bits per heavy atom. The van der Waals surface area contributed by atoms with Crippen LogP contribution in [-0.2, 0) is 4.79 Å². The summed E-state index contributed by atoms with van der Waals surface area (Å²) in [6.07, 6.45) is 5.82. The largest absolute Gasteiger partial charge is 0.356 e. The highest BCUT2D eigenvalue weighted by Gasteiger charge is 2.36. The molecule has 13 heteroatoms. The minimum absolute atomic E-state index is 0.0725. The van der Waals surface area contributed by atoms with Crippen LogP contribution in [0.25, 0.3) is 16.8 Å². The van der Waals surface area contributed by atoms with Gasteiger partial charge in [0, 0.05) is 73.6 Å². The Morgan fingerprint density at radius 1 is 1.10 bits per heavy atom. The lowest BCUT2D eigenvalue weighted by Gasteiger charge is -2.34. The van der Waals surface area contributed by atoms with Crippen molar-refractivity contribution >= 4 is 34.9 Å². The number of alkyl halides is 2. The van der Waals surface area contributed by atoms with Crippen molar-refractivity contribution in [1.29, 1.82) is 0 Å². The number of nitrogens with one attached hydrogen (secondary N) is 3. The van der Waals surface area contributed by atoms with E-state index in [1.807, 2.05) is 17.0 Å². The van der Waals surface area contributed by atoms with E-state index in [9.17, 15) is 18.4 Å². The number of hydrogen-bond donors (Lipinski definition) is 3. The normalized spacial score (nSPS) is 18.6. The smallest absolute Gasteiger partial charge is 0.253 e. The number of pyridine rings is 1. The number of aromatic amines is 1. The van der Waals surface area contributed by atoms with E-state index in [0.717, 1.165) is 24.0 Å². The van der Waals surface area contributed by atoms with Gasteiger partial charge in [0.15, 0.2) is 5.65 Å². The molecular formula is C29H31F2N9O2. The predicted octanol–water partition coefficient (Wildman–Crippen LogP) is 4.20. The van der Waals surface area contributed by atoms with Crippen LogP contribution in [0.5, 0.6) is 0 Å². The summed E-state index contributed by atoms with van der Waals surface area (Å²) in [7, 11) is 0. The molecule has 0 bridgehead atoms. The second kappa shape index (κ2) is 11.2. The molecule has 2 aliphatic rings. The standard InChI is InChI=1S/C29H31F2N9O2/c1-2-25(41)34-21-7-5-19(6-8-21)27(42)39-13-3-4-22(18-39)35-28-36-24-10-9-23(20-16-32-33-17-20)26(40(24)37-28)38-14-11-29(30,31)12-15-38/h2,5-10,16-17,22H,1,3-4,11-15,18H2,(H,32,33)(H,34,41)(H,35,37). The maximum Gasteiger partial charge on any atom is 0.253 e. The molecule has 0 radical (unpaired) electrons. The molecule has 218 valence electrons. The quantitative estimate of drug-likeness (QED) is 0.282. The summed E-state index contributed by atoms with van der Waals surface area (Å²) in [6, 6.07) is 10.4. The van der Waals surface area contributed by atoms with E-state index in [1.165, 1.54) is 6.08 Å². The van der Waals surface area contributed by atoms with E-state index in [4.69, 9.17) is 5.10 Å². The van der Waals surface area contributed by atoms with Crippen LogP contribution < -0.4 is 15.5 Å². The van der Waals surface area contributed by atoms with E-state index in [-0.39, 0.29) is 43.8 Å². The maximum absolute atomic E-state index is 14.0. The van der Waals surface area contributed by atoms with Crippen LogP contribution >= 0.6 is 0 Å². The van der Waals surface area contributed by atoms with Gasteiger partial charge in [0.25, 0.3) is 11.8 Å². The van der Waals surface area contributed by atoms with Crippen molar-refractivity contribution in [3.05, 3.63) is 67.0 Å². The Balaban J connectivity index is 1.20. The molecule has 2 saturated heterocycles. The number of fused-ring (bicyclic) bond motifs is 1. The van der Waals surface area contributed by atoms with E-state index in [1.54, 1.807) is 46.1 Å². The molecule has 2 fully saturated rings. The zero-order chi connectivity index (χ0) is 29.3. The summed E-state index contributed by atoms with van der Waals surface area (Å²) in [5.41, 5.74) is 3.35. The van der Waals surface area contributed by atoms with Crippen LogP contribution in [0.1, 0.15) is 36.0 Å². The fraction of sp³-hybridized carbons (Fsp3) is 0.345. The van der Waals surface area contributed by atoms with Gasteiger partial charge in [-0.1, -0.05) is 6.58 Å². The van der Waals surface area contributed by atoms with Crippen LogP contribution in [0.2, 0.25) is 0 Å². The minimum Gasteiger partial charge on any atom is -0.356 e. The summed E-state index contributed by atoms with van der Waals surface area (Å²) in [5.74, 6) is -1.99. The van der Waals surface area contributed by atoms with Crippen molar-refractivity contribution in [2.24, 2.45) is 0 Å². The van der Waals surface area contributed by atoms with Gasteiger partial charge in [-0.25, -0.2) is 8.78 Å².